The average Bonchev–Trinajstić information content (AvgIpc) is 2.86. The molecule has 0 radical (unpaired) electrons. The van der Waals surface area contributed by atoms with Crippen molar-refractivity contribution in [1.82, 2.24) is 26.1 Å². The first-order valence-corrected chi connectivity index (χ1v) is 10.7. The topological polar surface area (TPSA) is 103 Å². The van der Waals surface area contributed by atoms with E-state index in [1.165, 1.54) is 17.4 Å². The van der Waals surface area contributed by atoms with Crippen LogP contribution in [-0.4, -0.2) is 39.8 Å². The highest BCUT2D eigenvalue weighted by atomic mass is 16.2. The maximum Gasteiger partial charge on any atom is 0.265 e. The summed E-state index contributed by atoms with van der Waals surface area (Å²) in [6.45, 7) is 0.736. The van der Waals surface area contributed by atoms with Gasteiger partial charge >= 0.3 is 0 Å². The largest absolute Gasteiger partial charge is 0.351 e. The molecule has 1 aliphatic rings. The highest BCUT2D eigenvalue weighted by Crippen LogP contribution is 2.24. The molecule has 2 heterocycles. The van der Waals surface area contributed by atoms with Crippen LogP contribution in [0.4, 0.5) is 0 Å². The van der Waals surface area contributed by atoms with Crippen molar-refractivity contribution < 1.29 is 14.4 Å². The first kappa shape index (κ1) is 22.2. The van der Waals surface area contributed by atoms with Gasteiger partial charge < -0.3 is 10.6 Å². The third-order valence-corrected chi connectivity index (χ3v) is 5.52. The third kappa shape index (κ3) is 5.61. The van der Waals surface area contributed by atoms with Gasteiger partial charge in [-0.1, -0.05) is 60.7 Å². The van der Waals surface area contributed by atoms with Gasteiger partial charge in [0.1, 0.15) is 12.1 Å². The first-order chi connectivity index (χ1) is 16.1. The maximum atomic E-state index is 12.8. The van der Waals surface area contributed by atoms with Gasteiger partial charge in [0.05, 0.1) is 0 Å². The van der Waals surface area contributed by atoms with Gasteiger partial charge in [-0.25, -0.2) is 0 Å². The Labute approximate surface area is 192 Å². The molecular formula is C25H25N5O3. The summed E-state index contributed by atoms with van der Waals surface area (Å²) in [5, 5.41) is 7.21. The Balaban J connectivity index is 1.41. The Bertz CT molecular complexity index is 1030. The molecule has 2 unspecified atom stereocenters. The van der Waals surface area contributed by atoms with E-state index in [0.717, 1.165) is 11.1 Å². The molecule has 1 aromatic heterocycles. The van der Waals surface area contributed by atoms with Gasteiger partial charge in [0.15, 0.2) is 0 Å². The van der Waals surface area contributed by atoms with Crippen LogP contribution >= 0.6 is 0 Å². The predicted molar refractivity (Wildman–Crippen MR) is 122 cm³/mol. The summed E-state index contributed by atoms with van der Waals surface area (Å²) in [4.78, 5) is 42.3. The Morgan fingerprint density at radius 1 is 0.758 bits per heavy atom. The van der Waals surface area contributed by atoms with E-state index < -0.39 is 18.0 Å². The summed E-state index contributed by atoms with van der Waals surface area (Å²) in [7, 11) is 0. The molecule has 33 heavy (non-hydrogen) atoms. The smallest absolute Gasteiger partial charge is 0.265 e. The number of hydrogen-bond acceptors (Lipinski definition) is 5. The summed E-state index contributed by atoms with van der Waals surface area (Å²) in [6, 6.07) is 21.0. The Morgan fingerprint density at radius 2 is 1.24 bits per heavy atom. The number of aromatic nitrogens is 1. The molecule has 3 amide bonds. The zero-order valence-electron chi connectivity index (χ0n) is 18.0. The van der Waals surface area contributed by atoms with Gasteiger partial charge in [-0.05, 0) is 29.7 Å². The van der Waals surface area contributed by atoms with Gasteiger partial charge in [-0.3, -0.25) is 24.8 Å². The van der Waals surface area contributed by atoms with Crippen LogP contribution in [0.5, 0.6) is 0 Å². The molecule has 8 heteroatoms. The second-order valence-electron chi connectivity index (χ2n) is 7.76. The highest BCUT2D eigenvalue weighted by Gasteiger charge is 2.47. The van der Waals surface area contributed by atoms with Gasteiger partial charge in [-0.15, -0.1) is 0 Å². The van der Waals surface area contributed by atoms with Gasteiger partial charge in [0, 0.05) is 31.0 Å². The number of hydrazine groups is 1. The van der Waals surface area contributed by atoms with E-state index in [9.17, 15) is 14.4 Å². The van der Waals surface area contributed by atoms with Crippen molar-refractivity contribution in [2.45, 2.75) is 31.6 Å². The summed E-state index contributed by atoms with van der Waals surface area (Å²) in [5.41, 5.74) is 5.06. The van der Waals surface area contributed by atoms with Crippen molar-refractivity contribution in [3.8, 4) is 0 Å². The molecule has 168 valence electrons. The van der Waals surface area contributed by atoms with Crippen molar-refractivity contribution in [3.05, 3.63) is 102 Å². The van der Waals surface area contributed by atoms with Gasteiger partial charge in [0.25, 0.3) is 5.91 Å². The second-order valence-corrected chi connectivity index (χ2v) is 7.76. The number of hydrogen-bond donors (Lipinski definition) is 3. The minimum absolute atomic E-state index is 0.249. The number of nitrogens with zero attached hydrogens (tertiary/aromatic N) is 2. The highest BCUT2D eigenvalue weighted by molar-refractivity contribution is 5.95. The van der Waals surface area contributed by atoms with Crippen molar-refractivity contribution >= 4 is 17.7 Å². The van der Waals surface area contributed by atoms with Crippen molar-refractivity contribution in [2.75, 3.05) is 0 Å². The van der Waals surface area contributed by atoms with E-state index in [1.807, 2.05) is 60.7 Å². The predicted octanol–water partition coefficient (Wildman–Crippen LogP) is 1.80. The number of pyridine rings is 1. The molecule has 2 aromatic carbocycles. The Morgan fingerprint density at radius 3 is 1.73 bits per heavy atom. The number of carbonyl (C=O) groups excluding carboxylic acids is 3. The SMILES string of the molecule is O=C(NN1C(C(=O)NCc2ccccc2)CC1C(=O)NCc1ccccc1)c1ccncc1. The lowest BCUT2D eigenvalue weighted by molar-refractivity contribution is -0.148. The summed E-state index contributed by atoms with van der Waals surface area (Å²) in [6.07, 6.45) is 3.33. The van der Waals surface area contributed by atoms with Crippen molar-refractivity contribution in [2.24, 2.45) is 0 Å². The molecule has 1 fully saturated rings. The Kier molecular flexibility index (Phi) is 7.06. The fourth-order valence-corrected chi connectivity index (χ4v) is 3.63. The second kappa shape index (κ2) is 10.5. The number of carbonyl (C=O) groups is 3. The van der Waals surface area contributed by atoms with Crippen LogP contribution in [0.25, 0.3) is 0 Å². The number of benzene rings is 2. The molecule has 0 bridgehead atoms. The van der Waals surface area contributed by atoms with Crippen molar-refractivity contribution in [3.63, 3.8) is 0 Å². The molecule has 0 saturated carbocycles. The maximum absolute atomic E-state index is 12.8. The lowest BCUT2D eigenvalue weighted by Gasteiger charge is -2.45. The summed E-state index contributed by atoms with van der Waals surface area (Å²) < 4.78 is 0. The van der Waals surface area contributed by atoms with Crippen LogP contribution in [0.15, 0.2) is 85.2 Å². The summed E-state index contributed by atoms with van der Waals surface area (Å²) in [5.74, 6) is -0.902. The zero-order chi connectivity index (χ0) is 23.0. The lowest BCUT2D eigenvalue weighted by atomic mass is 9.93. The zero-order valence-corrected chi connectivity index (χ0v) is 18.0. The normalized spacial score (nSPS) is 17.5. The van der Waals surface area contributed by atoms with Gasteiger partial charge in [0.2, 0.25) is 11.8 Å². The van der Waals surface area contributed by atoms with Crippen LogP contribution < -0.4 is 16.1 Å². The fraction of sp³-hybridized carbons (Fsp3) is 0.200. The van der Waals surface area contributed by atoms with E-state index in [2.05, 4.69) is 21.0 Å². The third-order valence-electron chi connectivity index (χ3n) is 5.52. The van der Waals surface area contributed by atoms with E-state index in [1.54, 1.807) is 12.1 Å². The first-order valence-electron chi connectivity index (χ1n) is 10.7. The molecule has 2 atom stereocenters. The van der Waals surface area contributed by atoms with Crippen LogP contribution in [-0.2, 0) is 22.7 Å². The molecule has 4 rings (SSSR count). The average molecular weight is 444 g/mol. The van der Waals surface area contributed by atoms with Crippen LogP contribution in [0.2, 0.25) is 0 Å². The minimum atomic E-state index is -0.646. The molecule has 0 aliphatic carbocycles. The monoisotopic (exact) mass is 443 g/mol. The molecule has 3 aromatic rings. The standard InChI is InChI=1S/C25H25N5O3/c31-23(20-11-13-26-14-12-20)29-30-21(24(32)27-16-18-7-3-1-4-8-18)15-22(30)25(33)28-17-19-9-5-2-6-10-19/h1-14,21-22H,15-17H2,(H,27,32)(H,28,33)(H,29,31). The summed E-state index contributed by atoms with van der Waals surface area (Å²) >= 11 is 0. The molecule has 0 spiro atoms. The fourth-order valence-electron chi connectivity index (χ4n) is 3.63. The Hall–Kier alpha value is -4.04. The minimum Gasteiger partial charge on any atom is -0.351 e. The van der Waals surface area contributed by atoms with E-state index in [4.69, 9.17) is 0 Å². The van der Waals surface area contributed by atoms with E-state index >= 15 is 0 Å². The number of amides is 3. The van der Waals surface area contributed by atoms with Crippen LogP contribution in [0.1, 0.15) is 27.9 Å². The van der Waals surface area contributed by atoms with Gasteiger partial charge in [-0.2, -0.15) is 5.01 Å². The number of rotatable bonds is 8. The molecule has 8 nitrogen and oxygen atoms in total. The van der Waals surface area contributed by atoms with Crippen LogP contribution in [0.3, 0.4) is 0 Å². The molecule has 1 aliphatic heterocycles. The lowest BCUT2D eigenvalue weighted by Crippen LogP contribution is -2.71. The van der Waals surface area contributed by atoms with Crippen LogP contribution in [0, 0.1) is 0 Å². The molecular weight excluding hydrogens is 418 g/mol. The number of nitrogens with one attached hydrogen (secondary N) is 3. The molecule has 1 saturated heterocycles. The molecule has 3 N–H and O–H groups in total. The van der Waals surface area contributed by atoms with E-state index in [0.29, 0.717) is 25.1 Å². The van der Waals surface area contributed by atoms with E-state index in [-0.39, 0.29) is 11.8 Å². The quantitative estimate of drug-likeness (QED) is 0.493. The van der Waals surface area contributed by atoms with Crippen molar-refractivity contribution in [1.29, 1.82) is 0 Å².